The minimum absolute atomic E-state index is 0.118. The van der Waals surface area contributed by atoms with E-state index in [1.54, 1.807) is 24.4 Å². The number of anilines is 3. The fraction of sp³-hybridized carbons (Fsp3) is 0.250. The zero-order valence-corrected chi connectivity index (χ0v) is 21.0. The Hall–Kier alpha value is -4.18. The molecule has 3 N–H and O–H groups in total. The molecular formula is C28H27F3N6O. The van der Waals surface area contributed by atoms with Crippen LogP contribution in [0.25, 0.3) is 22.0 Å². The average Bonchev–Trinajstić information content (AvgIpc) is 3.33. The Kier molecular flexibility index (Phi) is 6.66. The van der Waals surface area contributed by atoms with Gasteiger partial charge in [-0.1, -0.05) is 18.2 Å². The summed E-state index contributed by atoms with van der Waals surface area (Å²) in [6.45, 7) is 1.69. The number of carbonyl (C=O) groups is 1. The highest BCUT2D eigenvalue weighted by Gasteiger charge is 2.32. The molecule has 1 aliphatic rings. The summed E-state index contributed by atoms with van der Waals surface area (Å²) in [6, 6.07) is 16.1. The van der Waals surface area contributed by atoms with Gasteiger partial charge in [0.15, 0.2) is 0 Å². The minimum Gasteiger partial charge on any atom is -0.369 e. The van der Waals surface area contributed by atoms with Crippen LogP contribution in [-0.4, -0.2) is 54.0 Å². The number of nitrogen functional groups attached to an aromatic ring is 1. The van der Waals surface area contributed by atoms with Crippen LogP contribution in [0.5, 0.6) is 0 Å². The van der Waals surface area contributed by atoms with Crippen LogP contribution < -0.4 is 16.0 Å². The minimum atomic E-state index is -4.53. The molecule has 3 aromatic carbocycles. The SMILES string of the molecule is CN1CCC(N(C)c2ccc(C(F)(F)F)cc2NC(=O)c2cccc(-c3ccc4nc(N)ncc4c3)c2)C1. The van der Waals surface area contributed by atoms with E-state index in [1.165, 1.54) is 6.07 Å². The van der Waals surface area contributed by atoms with Crippen molar-refractivity contribution >= 4 is 34.1 Å². The largest absolute Gasteiger partial charge is 0.416 e. The molecule has 1 amide bonds. The second-order valence-corrected chi connectivity index (χ2v) is 9.58. The fourth-order valence-corrected chi connectivity index (χ4v) is 4.81. The Morgan fingerprint density at radius 2 is 1.89 bits per heavy atom. The molecule has 2 heterocycles. The highest BCUT2D eigenvalue weighted by molar-refractivity contribution is 6.06. The third kappa shape index (κ3) is 5.26. The number of nitrogens with two attached hydrogens (primary N) is 1. The average molecular weight is 521 g/mol. The van der Waals surface area contributed by atoms with Crippen molar-refractivity contribution in [2.24, 2.45) is 0 Å². The predicted octanol–water partition coefficient (Wildman–Crippen LogP) is 5.29. The molecule has 0 spiro atoms. The Morgan fingerprint density at radius 1 is 1.11 bits per heavy atom. The monoisotopic (exact) mass is 520 g/mol. The Bertz CT molecular complexity index is 1510. The molecule has 38 heavy (non-hydrogen) atoms. The molecule has 0 radical (unpaired) electrons. The lowest BCUT2D eigenvalue weighted by Gasteiger charge is -2.29. The van der Waals surface area contributed by atoms with Crippen molar-refractivity contribution in [1.82, 2.24) is 14.9 Å². The number of nitrogens with zero attached hydrogens (tertiary/aromatic N) is 4. The van der Waals surface area contributed by atoms with Crippen molar-refractivity contribution in [1.29, 1.82) is 0 Å². The van der Waals surface area contributed by atoms with E-state index < -0.39 is 17.6 Å². The molecule has 1 atom stereocenters. The van der Waals surface area contributed by atoms with E-state index in [0.29, 0.717) is 16.8 Å². The second-order valence-electron chi connectivity index (χ2n) is 9.58. The van der Waals surface area contributed by atoms with E-state index in [1.807, 2.05) is 43.3 Å². The lowest BCUT2D eigenvalue weighted by atomic mass is 10.0. The number of amides is 1. The van der Waals surface area contributed by atoms with E-state index in [-0.39, 0.29) is 17.7 Å². The Morgan fingerprint density at radius 3 is 2.63 bits per heavy atom. The molecule has 1 aliphatic heterocycles. The number of carbonyl (C=O) groups excluding carboxylic acids is 1. The van der Waals surface area contributed by atoms with Gasteiger partial charge >= 0.3 is 6.18 Å². The molecule has 0 aliphatic carbocycles. The lowest BCUT2D eigenvalue weighted by molar-refractivity contribution is -0.137. The van der Waals surface area contributed by atoms with Gasteiger partial charge in [0.2, 0.25) is 5.95 Å². The van der Waals surface area contributed by atoms with Crippen LogP contribution in [0.3, 0.4) is 0 Å². The van der Waals surface area contributed by atoms with E-state index in [2.05, 4.69) is 20.2 Å². The molecule has 1 aromatic heterocycles. The number of fused-ring (bicyclic) bond motifs is 1. The number of hydrogen-bond donors (Lipinski definition) is 2. The summed E-state index contributed by atoms with van der Waals surface area (Å²) in [4.78, 5) is 25.6. The first kappa shape index (κ1) is 25.5. The summed E-state index contributed by atoms with van der Waals surface area (Å²) in [6.07, 6.45) is -2.02. The molecule has 1 saturated heterocycles. The van der Waals surface area contributed by atoms with Gasteiger partial charge in [-0.05, 0) is 73.6 Å². The van der Waals surface area contributed by atoms with Crippen molar-refractivity contribution in [3.8, 4) is 11.1 Å². The van der Waals surface area contributed by atoms with Crippen LogP contribution in [0.1, 0.15) is 22.3 Å². The zero-order chi connectivity index (χ0) is 27.0. The summed E-state index contributed by atoms with van der Waals surface area (Å²) in [5, 5.41) is 3.53. The number of likely N-dealkylation sites (N-methyl/N-ethyl adjacent to an activating group) is 2. The molecule has 196 valence electrons. The molecule has 1 fully saturated rings. The van der Waals surface area contributed by atoms with Gasteiger partial charge in [0.25, 0.3) is 5.91 Å². The molecule has 5 rings (SSSR count). The van der Waals surface area contributed by atoms with Crippen molar-refractivity contribution < 1.29 is 18.0 Å². The van der Waals surface area contributed by atoms with E-state index in [4.69, 9.17) is 5.73 Å². The maximum atomic E-state index is 13.5. The van der Waals surface area contributed by atoms with Gasteiger partial charge in [-0.25, -0.2) is 9.97 Å². The molecule has 10 heteroatoms. The number of rotatable bonds is 5. The van der Waals surface area contributed by atoms with E-state index in [9.17, 15) is 18.0 Å². The fourth-order valence-electron chi connectivity index (χ4n) is 4.81. The number of hydrogen-bond acceptors (Lipinski definition) is 6. The first-order valence-corrected chi connectivity index (χ1v) is 12.2. The molecule has 0 bridgehead atoms. The van der Waals surface area contributed by atoms with Crippen LogP contribution in [0.2, 0.25) is 0 Å². The number of aromatic nitrogens is 2. The van der Waals surface area contributed by atoms with Gasteiger partial charge in [-0.2, -0.15) is 13.2 Å². The summed E-state index contributed by atoms with van der Waals surface area (Å²) in [5.74, 6) is -0.315. The Balaban J connectivity index is 1.45. The van der Waals surface area contributed by atoms with Crippen LogP contribution in [0, 0.1) is 0 Å². The molecule has 1 unspecified atom stereocenters. The topological polar surface area (TPSA) is 87.4 Å². The smallest absolute Gasteiger partial charge is 0.369 e. The van der Waals surface area contributed by atoms with Crippen LogP contribution in [-0.2, 0) is 6.18 Å². The van der Waals surface area contributed by atoms with Crippen molar-refractivity contribution in [2.45, 2.75) is 18.6 Å². The number of alkyl halides is 3. The lowest BCUT2D eigenvalue weighted by Crippen LogP contribution is -2.34. The van der Waals surface area contributed by atoms with Crippen molar-refractivity contribution in [3.05, 3.63) is 78.0 Å². The molecule has 7 nitrogen and oxygen atoms in total. The summed E-state index contributed by atoms with van der Waals surface area (Å²) < 4.78 is 40.6. The van der Waals surface area contributed by atoms with Gasteiger partial charge in [0.05, 0.1) is 22.5 Å². The number of halogens is 3. The van der Waals surface area contributed by atoms with Gasteiger partial charge in [-0.3, -0.25) is 4.79 Å². The number of nitrogens with one attached hydrogen (secondary N) is 1. The Labute approximate surface area is 218 Å². The third-order valence-electron chi connectivity index (χ3n) is 6.92. The van der Waals surface area contributed by atoms with Gasteiger partial charge in [0.1, 0.15) is 0 Å². The predicted molar refractivity (Wildman–Crippen MR) is 143 cm³/mol. The first-order chi connectivity index (χ1) is 18.1. The van der Waals surface area contributed by atoms with Gasteiger partial charge in [0, 0.05) is 36.8 Å². The van der Waals surface area contributed by atoms with E-state index >= 15 is 0 Å². The highest BCUT2D eigenvalue weighted by Crippen LogP contribution is 2.37. The highest BCUT2D eigenvalue weighted by atomic mass is 19.4. The number of benzene rings is 3. The molecular weight excluding hydrogens is 493 g/mol. The first-order valence-electron chi connectivity index (χ1n) is 12.2. The second kappa shape index (κ2) is 9.94. The maximum Gasteiger partial charge on any atom is 0.416 e. The maximum absolute atomic E-state index is 13.5. The van der Waals surface area contributed by atoms with Crippen molar-refractivity contribution in [2.75, 3.05) is 43.1 Å². The van der Waals surface area contributed by atoms with Crippen molar-refractivity contribution in [3.63, 3.8) is 0 Å². The molecule has 4 aromatic rings. The van der Waals surface area contributed by atoms with Gasteiger partial charge < -0.3 is 20.9 Å². The van der Waals surface area contributed by atoms with E-state index in [0.717, 1.165) is 48.2 Å². The van der Waals surface area contributed by atoms with Crippen LogP contribution >= 0.6 is 0 Å². The quantitative estimate of drug-likeness (QED) is 0.372. The number of likely N-dealkylation sites (tertiary alicyclic amines) is 1. The van der Waals surface area contributed by atoms with Crippen LogP contribution in [0.4, 0.5) is 30.5 Å². The summed E-state index contributed by atoms with van der Waals surface area (Å²) in [7, 11) is 3.86. The van der Waals surface area contributed by atoms with Crippen LogP contribution in [0.15, 0.2) is 66.9 Å². The standard InChI is InChI=1S/C28H27F3N6O/c1-36-11-10-22(16-36)37(2)25-9-7-21(28(29,30)31)14-24(25)34-26(38)19-5-3-4-17(12-19)18-6-8-23-20(13-18)15-33-27(32)35-23/h3-9,12-15,22H,10-11,16H2,1-2H3,(H,34,38)(H2,32,33,35). The normalized spacial score (nSPS) is 16.1. The third-order valence-corrected chi connectivity index (χ3v) is 6.92. The molecule has 0 saturated carbocycles. The summed E-state index contributed by atoms with van der Waals surface area (Å²) >= 11 is 0. The zero-order valence-electron chi connectivity index (χ0n) is 21.0. The summed E-state index contributed by atoms with van der Waals surface area (Å²) in [5.41, 5.74) is 8.13. The van der Waals surface area contributed by atoms with Gasteiger partial charge in [-0.15, -0.1) is 0 Å².